The zero-order valence-electron chi connectivity index (χ0n) is 9.81. The van der Waals surface area contributed by atoms with E-state index >= 15 is 0 Å². The van der Waals surface area contributed by atoms with Crippen LogP contribution in [0.1, 0.15) is 0 Å². The monoisotopic (exact) mass is 276 g/mol. The van der Waals surface area contributed by atoms with Crippen LogP contribution in [0.25, 0.3) is 22.4 Å². The van der Waals surface area contributed by atoms with E-state index in [-0.39, 0.29) is 11.6 Å². The van der Waals surface area contributed by atoms with Gasteiger partial charge < -0.3 is 8.98 Å². The highest BCUT2D eigenvalue weighted by atomic mass is 32.1. The van der Waals surface area contributed by atoms with E-state index in [1.165, 1.54) is 23.6 Å². The standard InChI is InChI=1S/C11H8N4O3S/c1-14-6-7(15(16)17)5-8(14)10-12-13-11(18-10)9-3-2-4-19-9/h2-6H,1H3. The van der Waals surface area contributed by atoms with Crippen molar-refractivity contribution in [1.82, 2.24) is 14.8 Å². The van der Waals surface area contributed by atoms with E-state index < -0.39 is 4.92 Å². The van der Waals surface area contributed by atoms with E-state index in [2.05, 4.69) is 10.2 Å². The third kappa shape index (κ3) is 2.02. The van der Waals surface area contributed by atoms with Gasteiger partial charge in [-0.1, -0.05) is 6.07 Å². The molecule has 3 aromatic heterocycles. The second-order valence-electron chi connectivity index (χ2n) is 3.84. The quantitative estimate of drug-likeness (QED) is 0.542. The van der Waals surface area contributed by atoms with Gasteiger partial charge in [-0.15, -0.1) is 21.5 Å². The summed E-state index contributed by atoms with van der Waals surface area (Å²) in [5.74, 6) is 0.674. The lowest BCUT2D eigenvalue weighted by Gasteiger charge is -1.94. The van der Waals surface area contributed by atoms with Crippen LogP contribution in [0.3, 0.4) is 0 Å². The van der Waals surface area contributed by atoms with Crippen LogP contribution in [0.2, 0.25) is 0 Å². The van der Waals surface area contributed by atoms with Crippen molar-refractivity contribution in [2.24, 2.45) is 7.05 Å². The Bertz CT molecular complexity index is 729. The van der Waals surface area contributed by atoms with E-state index in [1.54, 1.807) is 11.6 Å². The van der Waals surface area contributed by atoms with Crippen molar-refractivity contribution in [3.8, 4) is 22.4 Å². The average molecular weight is 276 g/mol. The number of rotatable bonds is 3. The fourth-order valence-electron chi connectivity index (χ4n) is 1.69. The lowest BCUT2D eigenvalue weighted by atomic mass is 10.4. The summed E-state index contributed by atoms with van der Waals surface area (Å²) >= 11 is 1.49. The Hall–Kier alpha value is -2.48. The molecule has 0 bridgehead atoms. The van der Waals surface area contributed by atoms with Crippen molar-refractivity contribution in [2.45, 2.75) is 0 Å². The Morgan fingerprint density at radius 3 is 2.84 bits per heavy atom. The number of nitro groups is 1. The van der Waals surface area contributed by atoms with Crippen LogP contribution in [-0.4, -0.2) is 19.7 Å². The second kappa shape index (κ2) is 4.32. The van der Waals surface area contributed by atoms with Gasteiger partial charge in [0.15, 0.2) is 0 Å². The Morgan fingerprint density at radius 1 is 1.42 bits per heavy atom. The molecule has 0 unspecified atom stereocenters. The van der Waals surface area contributed by atoms with E-state index in [0.717, 1.165) is 4.88 Å². The van der Waals surface area contributed by atoms with Crippen LogP contribution in [0.4, 0.5) is 5.69 Å². The predicted octanol–water partition coefficient (Wildman–Crippen LogP) is 2.71. The van der Waals surface area contributed by atoms with Gasteiger partial charge >= 0.3 is 0 Å². The Kier molecular flexibility index (Phi) is 2.64. The maximum absolute atomic E-state index is 10.7. The molecule has 3 aromatic rings. The molecule has 0 fully saturated rings. The number of aromatic nitrogens is 3. The van der Waals surface area contributed by atoms with Gasteiger partial charge in [0.2, 0.25) is 0 Å². The Balaban J connectivity index is 2.01. The van der Waals surface area contributed by atoms with Crippen LogP contribution < -0.4 is 0 Å². The molecule has 0 aliphatic carbocycles. The summed E-state index contributed by atoms with van der Waals surface area (Å²) in [6, 6.07) is 5.17. The first kappa shape index (κ1) is 11.6. The van der Waals surface area contributed by atoms with Crippen LogP contribution >= 0.6 is 11.3 Å². The Morgan fingerprint density at radius 2 is 2.21 bits per heavy atom. The highest BCUT2D eigenvalue weighted by molar-refractivity contribution is 7.13. The summed E-state index contributed by atoms with van der Waals surface area (Å²) < 4.78 is 7.12. The molecule has 0 saturated carbocycles. The maximum atomic E-state index is 10.7. The number of hydrogen-bond acceptors (Lipinski definition) is 6. The minimum atomic E-state index is -0.458. The molecule has 8 heteroatoms. The summed E-state index contributed by atoms with van der Waals surface area (Å²) in [6.45, 7) is 0. The first-order valence-corrected chi connectivity index (χ1v) is 6.21. The van der Waals surface area contributed by atoms with Gasteiger partial charge in [0, 0.05) is 13.1 Å². The molecule has 7 nitrogen and oxygen atoms in total. The topological polar surface area (TPSA) is 87.0 Å². The molecule has 0 amide bonds. The summed E-state index contributed by atoms with van der Waals surface area (Å²) in [6.07, 6.45) is 1.41. The lowest BCUT2D eigenvalue weighted by molar-refractivity contribution is -0.384. The van der Waals surface area contributed by atoms with Crippen molar-refractivity contribution >= 4 is 17.0 Å². The van der Waals surface area contributed by atoms with Crippen LogP contribution in [0.15, 0.2) is 34.2 Å². The molecule has 19 heavy (non-hydrogen) atoms. The SMILES string of the molecule is Cn1cc([N+](=O)[O-])cc1-c1nnc(-c2cccs2)o1. The van der Waals surface area contributed by atoms with E-state index in [0.29, 0.717) is 11.6 Å². The molecule has 96 valence electrons. The van der Waals surface area contributed by atoms with Gasteiger partial charge in [0.1, 0.15) is 5.69 Å². The molecular weight excluding hydrogens is 268 g/mol. The minimum Gasteiger partial charge on any atom is -0.414 e. The summed E-state index contributed by atoms with van der Waals surface area (Å²) in [7, 11) is 1.69. The van der Waals surface area contributed by atoms with Crippen LogP contribution in [0, 0.1) is 10.1 Å². The van der Waals surface area contributed by atoms with E-state index in [9.17, 15) is 10.1 Å². The first-order valence-electron chi connectivity index (χ1n) is 5.33. The normalized spacial score (nSPS) is 10.8. The zero-order valence-corrected chi connectivity index (χ0v) is 10.6. The molecule has 0 aromatic carbocycles. The van der Waals surface area contributed by atoms with Crippen molar-refractivity contribution < 1.29 is 9.34 Å². The molecule has 3 rings (SSSR count). The number of aryl methyl sites for hydroxylation is 1. The summed E-state index contributed by atoms with van der Waals surface area (Å²) in [5, 5.41) is 20.5. The number of nitrogens with zero attached hydrogens (tertiary/aromatic N) is 4. The van der Waals surface area contributed by atoms with Gasteiger partial charge in [0.25, 0.3) is 17.5 Å². The molecule has 0 saturated heterocycles. The highest BCUT2D eigenvalue weighted by Crippen LogP contribution is 2.29. The summed E-state index contributed by atoms with van der Waals surface area (Å²) in [4.78, 5) is 11.1. The van der Waals surface area contributed by atoms with E-state index in [4.69, 9.17) is 4.42 Å². The minimum absolute atomic E-state index is 0.00614. The van der Waals surface area contributed by atoms with Gasteiger partial charge in [-0.25, -0.2) is 0 Å². The predicted molar refractivity (Wildman–Crippen MR) is 68.7 cm³/mol. The van der Waals surface area contributed by atoms with Gasteiger partial charge in [-0.3, -0.25) is 10.1 Å². The second-order valence-corrected chi connectivity index (χ2v) is 4.79. The van der Waals surface area contributed by atoms with Gasteiger partial charge in [-0.2, -0.15) is 0 Å². The van der Waals surface area contributed by atoms with Crippen LogP contribution in [-0.2, 0) is 7.05 Å². The smallest absolute Gasteiger partial charge is 0.287 e. The van der Waals surface area contributed by atoms with Crippen LogP contribution in [0.5, 0.6) is 0 Å². The van der Waals surface area contributed by atoms with Crippen molar-refractivity contribution in [2.75, 3.05) is 0 Å². The largest absolute Gasteiger partial charge is 0.414 e. The van der Waals surface area contributed by atoms with Gasteiger partial charge in [0.05, 0.1) is 16.0 Å². The number of hydrogen-bond donors (Lipinski definition) is 0. The lowest BCUT2D eigenvalue weighted by Crippen LogP contribution is -1.89. The molecule has 0 N–H and O–H groups in total. The molecule has 3 heterocycles. The maximum Gasteiger partial charge on any atom is 0.287 e. The van der Waals surface area contributed by atoms with Gasteiger partial charge in [-0.05, 0) is 11.4 Å². The Labute approximate surface area is 111 Å². The molecular formula is C11H8N4O3S. The molecule has 0 atom stereocenters. The highest BCUT2D eigenvalue weighted by Gasteiger charge is 2.18. The fraction of sp³-hybridized carbons (Fsp3) is 0.0909. The van der Waals surface area contributed by atoms with Crippen molar-refractivity contribution in [1.29, 1.82) is 0 Å². The first-order chi connectivity index (χ1) is 9.15. The van der Waals surface area contributed by atoms with Crippen molar-refractivity contribution in [3.63, 3.8) is 0 Å². The molecule has 0 aliphatic heterocycles. The molecule has 0 aliphatic rings. The summed E-state index contributed by atoms with van der Waals surface area (Å²) in [5.41, 5.74) is 0.510. The third-order valence-electron chi connectivity index (χ3n) is 2.58. The zero-order chi connectivity index (χ0) is 13.4. The fourth-order valence-corrected chi connectivity index (χ4v) is 2.33. The molecule has 0 spiro atoms. The van der Waals surface area contributed by atoms with E-state index in [1.807, 2.05) is 17.5 Å². The van der Waals surface area contributed by atoms with Crippen molar-refractivity contribution in [3.05, 3.63) is 39.9 Å². The number of thiophene rings is 1. The molecule has 0 radical (unpaired) electrons. The third-order valence-corrected chi connectivity index (χ3v) is 3.44. The average Bonchev–Trinajstić information content (AvgIpc) is 3.07.